The normalized spacial score (nSPS) is 14.4. The minimum absolute atomic E-state index is 0.153. The first-order chi connectivity index (χ1) is 8.12. The van der Waals surface area contributed by atoms with Gasteiger partial charge in [0.2, 0.25) is 0 Å². The lowest BCUT2D eigenvalue weighted by molar-refractivity contribution is 0.373. The van der Waals surface area contributed by atoms with Crippen molar-refractivity contribution in [3.63, 3.8) is 0 Å². The summed E-state index contributed by atoms with van der Waals surface area (Å²) < 4.78 is 5.40. The van der Waals surface area contributed by atoms with E-state index in [0.717, 1.165) is 24.2 Å². The number of nitrogens with one attached hydrogen (secondary N) is 1. The molecule has 0 amide bonds. The summed E-state index contributed by atoms with van der Waals surface area (Å²) in [6, 6.07) is 6.36. The minimum Gasteiger partial charge on any atom is -0.496 e. The molecule has 0 aliphatic rings. The molecule has 0 saturated heterocycles. The Bertz CT molecular complexity index is 352. The number of nitrogens with two attached hydrogens (primary N) is 1. The molecule has 1 rings (SSSR count). The van der Waals surface area contributed by atoms with Gasteiger partial charge < -0.3 is 4.74 Å². The highest BCUT2D eigenvalue weighted by atomic mass is 16.5. The predicted octanol–water partition coefficient (Wildman–Crippen LogP) is 2.94. The van der Waals surface area contributed by atoms with Gasteiger partial charge >= 0.3 is 0 Å². The standard InChI is InChI=1S/C14H24N2O/c1-5-10(2)9-13(16-15)12-8-11(3)6-7-14(12)17-4/h6-8,10,13,16H,5,9,15H2,1-4H3. The molecule has 0 bridgehead atoms. The van der Waals surface area contributed by atoms with Crippen LogP contribution in [0.15, 0.2) is 18.2 Å². The van der Waals surface area contributed by atoms with Crippen molar-refractivity contribution in [2.45, 2.75) is 39.7 Å². The van der Waals surface area contributed by atoms with Gasteiger partial charge in [0, 0.05) is 11.6 Å². The Morgan fingerprint density at radius 1 is 1.41 bits per heavy atom. The molecule has 0 radical (unpaired) electrons. The highest BCUT2D eigenvalue weighted by Gasteiger charge is 2.17. The van der Waals surface area contributed by atoms with Crippen LogP contribution in [0, 0.1) is 12.8 Å². The third kappa shape index (κ3) is 3.72. The average Bonchev–Trinajstić information content (AvgIpc) is 2.35. The van der Waals surface area contributed by atoms with E-state index < -0.39 is 0 Å². The zero-order chi connectivity index (χ0) is 12.8. The van der Waals surface area contributed by atoms with Gasteiger partial charge in [-0.15, -0.1) is 0 Å². The quantitative estimate of drug-likeness (QED) is 0.589. The second-order valence-corrected chi connectivity index (χ2v) is 4.71. The number of ether oxygens (including phenoxy) is 1. The second-order valence-electron chi connectivity index (χ2n) is 4.71. The summed E-state index contributed by atoms with van der Waals surface area (Å²) in [5.41, 5.74) is 5.28. The van der Waals surface area contributed by atoms with Gasteiger partial charge in [0.15, 0.2) is 0 Å². The molecule has 3 heteroatoms. The Morgan fingerprint density at radius 2 is 2.12 bits per heavy atom. The topological polar surface area (TPSA) is 47.3 Å². The van der Waals surface area contributed by atoms with Gasteiger partial charge in [-0.25, -0.2) is 0 Å². The number of hydrogen-bond acceptors (Lipinski definition) is 3. The second kappa shape index (κ2) is 6.62. The van der Waals surface area contributed by atoms with Crippen LogP contribution in [0.25, 0.3) is 0 Å². The molecule has 0 fully saturated rings. The summed E-state index contributed by atoms with van der Waals surface area (Å²) in [6.45, 7) is 6.53. The lowest BCUT2D eigenvalue weighted by Gasteiger charge is -2.22. The number of hydrazine groups is 1. The fourth-order valence-corrected chi connectivity index (χ4v) is 1.98. The van der Waals surface area contributed by atoms with Gasteiger partial charge in [-0.3, -0.25) is 11.3 Å². The van der Waals surface area contributed by atoms with E-state index in [2.05, 4.69) is 38.3 Å². The maximum atomic E-state index is 5.68. The summed E-state index contributed by atoms with van der Waals surface area (Å²) in [5.74, 6) is 7.22. The molecule has 3 N–H and O–H groups in total. The van der Waals surface area contributed by atoms with E-state index in [0.29, 0.717) is 5.92 Å². The first-order valence-electron chi connectivity index (χ1n) is 6.23. The van der Waals surface area contributed by atoms with Gasteiger partial charge in [0.25, 0.3) is 0 Å². The zero-order valence-corrected chi connectivity index (χ0v) is 11.3. The molecule has 1 aromatic carbocycles. The molecule has 0 heterocycles. The van der Waals surface area contributed by atoms with Crippen molar-refractivity contribution in [3.05, 3.63) is 29.3 Å². The third-order valence-electron chi connectivity index (χ3n) is 3.30. The monoisotopic (exact) mass is 236 g/mol. The van der Waals surface area contributed by atoms with E-state index in [1.807, 2.05) is 6.07 Å². The van der Waals surface area contributed by atoms with E-state index in [4.69, 9.17) is 10.6 Å². The molecule has 1 aromatic rings. The Labute approximate surface area is 104 Å². The lowest BCUT2D eigenvalue weighted by Crippen LogP contribution is -2.29. The fourth-order valence-electron chi connectivity index (χ4n) is 1.98. The van der Waals surface area contributed by atoms with Crippen LogP contribution >= 0.6 is 0 Å². The largest absolute Gasteiger partial charge is 0.496 e. The van der Waals surface area contributed by atoms with Crippen LogP contribution in [0.3, 0.4) is 0 Å². The maximum Gasteiger partial charge on any atom is 0.123 e. The van der Waals surface area contributed by atoms with Crippen LogP contribution in [0.4, 0.5) is 0 Å². The molecule has 0 aliphatic carbocycles. The van der Waals surface area contributed by atoms with E-state index in [-0.39, 0.29) is 6.04 Å². The average molecular weight is 236 g/mol. The zero-order valence-electron chi connectivity index (χ0n) is 11.3. The first kappa shape index (κ1) is 14.0. The summed E-state index contributed by atoms with van der Waals surface area (Å²) in [6.07, 6.45) is 2.18. The summed E-state index contributed by atoms with van der Waals surface area (Å²) in [5, 5.41) is 0. The molecule has 3 nitrogen and oxygen atoms in total. The van der Waals surface area contributed by atoms with Crippen LogP contribution in [-0.4, -0.2) is 7.11 Å². The van der Waals surface area contributed by atoms with Crippen molar-refractivity contribution in [1.82, 2.24) is 5.43 Å². The van der Waals surface area contributed by atoms with Gasteiger partial charge in [0.1, 0.15) is 5.75 Å². The maximum absolute atomic E-state index is 5.68. The molecule has 0 aromatic heterocycles. The predicted molar refractivity (Wildman–Crippen MR) is 71.9 cm³/mol. The molecule has 0 spiro atoms. The van der Waals surface area contributed by atoms with Crippen molar-refractivity contribution in [2.75, 3.05) is 7.11 Å². The Hall–Kier alpha value is -1.06. The number of aryl methyl sites for hydroxylation is 1. The van der Waals surface area contributed by atoms with Gasteiger partial charge in [-0.1, -0.05) is 38.0 Å². The van der Waals surface area contributed by atoms with Crippen LogP contribution in [-0.2, 0) is 0 Å². The summed E-state index contributed by atoms with van der Waals surface area (Å²) in [7, 11) is 1.70. The smallest absolute Gasteiger partial charge is 0.123 e. The van der Waals surface area contributed by atoms with Crippen molar-refractivity contribution in [3.8, 4) is 5.75 Å². The molecule has 17 heavy (non-hydrogen) atoms. The number of rotatable bonds is 6. The Morgan fingerprint density at radius 3 is 2.65 bits per heavy atom. The van der Waals surface area contributed by atoms with Gasteiger partial charge in [0.05, 0.1) is 7.11 Å². The molecular formula is C14H24N2O. The highest BCUT2D eigenvalue weighted by Crippen LogP contribution is 2.30. The van der Waals surface area contributed by atoms with Crippen LogP contribution in [0.1, 0.15) is 43.9 Å². The number of hydrogen-bond donors (Lipinski definition) is 2. The van der Waals surface area contributed by atoms with Crippen molar-refractivity contribution >= 4 is 0 Å². The fraction of sp³-hybridized carbons (Fsp3) is 0.571. The van der Waals surface area contributed by atoms with Crippen LogP contribution < -0.4 is 16.0 Å². The molecule has 96 valence electrons. The SMILES string of the molecule is CCC(C)CC(NN)c1cc(C)ccc1OC. The molecule has 2 unspecified atom stereocenters. The van der Waals surface area contributed by atoms with Crippen LogP contribution in [0.5, 0.6) is 5.75 Å². The molecule has 0 saturated carbocycles. The van der Waals surface area contributed by atoms with Gasteiger partial charge in [-0.05, 0) is 25.3 Å². The van der Waals surface area contributed by atoms with E-state index in [1.165, 1.54) is 5.56 Å². The van der Waals surface area contributed by atoms with Crippen molar-refractivity contribution < 1.29 is 4.74 Å². The Kier molecular flexibility index (Phi) is 5.45. The lowest BCUT2D eigenvalue weighted by atomic mass is 9.93. The summed E-state index contributed by atoms with van der Waals surface area (Å²) in [4.78, 5) is 0. The first-order valence-corrected chi connectivity index (χ1v) is 6.23. The van der Waals surface area contributed by atoms with Gasteiger partial charge in [-0.2, -0.15) is 0 Å². The van der Waals surface area contributed by atoms with E-state index in [9.17, 15) is 0 Å². The number of benzene rings is 1. The van der Waals surface area contributed by atoms with E-state index >= 15 is 0 Å². The molecular weight excluding hydrogens is 212 g/mol. The van der Waals surface area contributed by atoms with Crippen molar-refractivity contribution in [1.29, 1.82) is 0 Å². The highest BCUT2D eigenvalue weighted by molar-refractivity contribution is 5.39. The summed E-state index contributed by atoms with van der Waals surface area (Å²) >= 11 is 0. The van der Waals surface area contributed by atoms with Crippen LogP contribution in [0.2, 0.25) is 0 Å². The number of methoxy groups -OCH3 is 1. The molecule has 0 aliphatic heterocycles. The third-order valence-corrected chi connectivity index (χ3v) is 3.30. The van der Waals surface area contributed by atoms with Crippen molar-refractivity contribution in [2.24, 2.45) is 11.8 Å². The Balaban J connectivity index is 2.97. The van der Waals surface area contributed by atoms with E-state index in [1.54, 1.807) is 7.11 Å². The minimum atomic E-state index is 0.153. The molecule has 2 atom stereocenters.